The summed E-state index contributed by atoms with van der Waals surface area (Å²) in [5, 5.41) is 3.53. The maximum atomic E-state index is 13.8. The zero-order chi connectivity index (χ0) is 32.5. The van der Waals surface area contributed by atoms with Crippen molar-refractivity contribution in [2.24, 2.45) is 11.8 Å². The van der Waals surface area contributed by atoms with Crippen molar-refractivity contribution in [3.63, 3.8) is 0 Å². The number of hydrogen-bond acceptors (Lipinski definition) is 7. The largest absolute Gasteiger partial charge is 0.493 e. The molecular formula is C37H48N2O6. The first-order valence-electron chi connectivity index (χ1n) is 15.7. The summed E-state index contributed by atoms with van der Waals surface area (Å²) in [6, 6.07) is 25.5. The van der Waals surface area contributed by atoms with Gasteiger partial charge in [-0.2, -0.15) is 0 Å². The molecule has 1 aliphatic rings. The first kappa shape index (κ1) is 34.0. The molecule has 2 atom stereocenters. The lowest BCUT2D eigenvalue weighted by Crippen LogP contribution is -2.49. The van der Waals surface area contributed by atoms with E-state index in [4.69, 9.17) is 18.9 Å². The van der Waals surface area contributed by atoms with Gasteiger partial charge in [0.05, 0.1) is 25.9 Å². The number of carbonyl (C=O) groups is 2. The maximum Gasteiger partial charge on any atom is 0.410 e. The lowest BCUT2D eigenvalue weighted by molar-refractivity contribution is 0.0283. The Morgan fingerprint density at radius 2 is 1.47 bits per heavy atom. The van der Waals surface area contributed by atoms with E-state index >= 15 is 0 Å². The second kappa shape index (κ2) is 15.4. The molecule has 8 heteroatoms. The lowest BCUT2D eigenvalue weighted by atomic mass is 9.87. The number of ether oxygens (including phenoxy) is 4. The van der Waals surface area contributed by atoms with Crippen molar-refractivity contribution < 1.29 is 28.5 Å². The highest BCUT2D eigenvalue weighted by molar-refractivity contribution is 6.03. The number of methoxy groups -OCH3 is 1. The van der Waals surface area contributed by atoms with Gasteiger partial charge in [-0.05, 0) is 82.2 Å². The fourth-order valence-electron chi connectivity index (χ4n) is 5.53. The fraction of sp³-hybridized carbons (Fsp3) is 0.459. The smallest absolute Gasteiger partial charge is 0.410 e. The van der Waals surface area contributed by atoms with E-state index in [-0.39, 0.29) is 23.7 Å². The third-order valence-electron chi connectivity index (χ3n) is 7.97. The monoisotopic (exact) mass is 616 g/mol. The first-order valence-corrected chi connectivity index (χ1v) is 15.7. The molecule has 1 aliphatic heterocycles. The van der Waals surface area contributed by atoms with E-state index < -0.39 is 11.1 Å². The molecule has 1 fully saturated rings. The highest BCUT2D eigenvalue weighted by atomic mass is 16.6. The average Bonchev–Trinajstić information content (AvgIpc) is 3.42. The molecule has 242 valence electrons. The van der Waals surface area contributed by atoms with Crippen LogP contribution in [0.1, 0.15) is 56.1 Å². The molecule has 0 radical (unpaired) electrons. The Morgan fingerprint density at radius 1 is 0.822 bits per heavy atom. The Balaban J connectivity index is 1.38. The van der Waals surface area contributed by atoms with Gasteiger partial charge >= 0.3 is 6.09 Å². The Bertz CT molecular complexity index is 1390. The van der Waals surface area contributed by atoms with Crippen LogP contribution in [0.15, 0.2) is 78.9 Å². The summed E-state index contributed by atoms with van der Waals surface area (Å²) in [7, 11) is 1.58. The first-order chi connectivity index (χ1) is 21.4. The lowest BCUT2D eigenvalue weighted by Gasteiger charge is -2.29. The van der Waals surface area contributed by atoms with Gasteiger partial charge in [-0.15, -0.1) is 0 Å². The highest BCUT2D eigenvalue weighted by Crippen LogP contribution is 2.31. The van der Waals surface area contributed by atoms with E-state index in [9.17, 15) is 9.59 Å². The molecule has 0 bridgehead atoms. The van der Waals surface area contributed by atoms with Crippen LogP contribution in [0.3, 0.4) is 0 Å². The summed E-state index contributed by atoms with van der Waals surface area (Å²) >= 11 is 0. The number of hydrogen-bond donors (Lipinski definition) is 1. The van der Waals surface area contributed by atoms with E-state index in [1.54, 1.807) is 30.2 Å². The molecule has 3 aromatic rings. The summed E-state index contributed by atoms with van der Waals surface area (Å²) < 4.78 is 22.9. The van der Waals surface area contributed by atoms with Gasteiger partial charge in [-0.1, -0.05) is 60.7 Å². The van der Waals surface area contributed by atoms with Crippen LogP contribution in [0.5, 0.6) is 11.5 Å². The highest BCUT2D eigenvalue weighted by Gasteiger charge is 2.39. The zero-order valence-corrected chi connectivity index (χ0v) is 27.5. The molecule has 1 heterocycles. The third-order valence-corrected chi connectivity index (χ3v) is 7.97. The second-order valence-corrected chi connectivity index (χ2v) is 13.2. The van der Waals surface area contributed by atoms with Crippen LogP contribution in [-0.4, -0.2) is 67.9 Å². The number of rotatable bonds is 14. The number of amides is 1. The van der Waals surface area contributed by atoms with E-state index in [1.165, 1.54) is 5.56 Å². The molecule has 1 saturated heterocycles. The molecular weight excluding hydrogens is 568 g/mol. The maximum absolute atomic E-state index is 13.8. The Morgan fingerprint density at radius 3 is 2.11 bits per heavy atom. The van der Waals surface area contributed by atoms with Gasteiger partial charge in [0.1, 0.15) is 12.2 Å². The molecule has 0 spiro atoms. The number of nitrogens with zero attached hydrogens (tertiary/aromatic N) is 1. The van der Waals surface area contributed by atoms with E-state index in [1.807, 2.05) is 83.1 Å². The normalized spacial score (nSPS) is 16.8. The molecule has 0 aliphatic carbocycles. The van der Waals surface area contributed by atoms with Crippen molar-refractivity contribution in [1.29, 1.82) is 0 Å². The average molecular weight is 617 g/mol. The zero-order valence-electron chi connectivity index (χ0n) is 27.5. The van der Waals surface area contributed by atoms with Gasteiger partial charge in [-0.25, -0.2) is 4.79 Å². The number of nitrogens with one attached hydrogen (secondary N) is 1. The number of carbonyl (C=O) groups excluding carboxylic acids is 2. The molecule has 0 unspecified atom stereocenters. The topological polar surface area (TPSA) is 86.3 Å². The Kier molecular flexibility index (Phi) is 11.6. The number of benzene rings is 3. The van der Waals surface area contributed by atoms with Crippen molar-refractivity contribution in [1.82, 2.24) is 10.2 Å². The predicted molar refractivity (Wildman–Crippen MR) is 176 cm³/mol. The van der Waals surface area contributed by atoms with Crippen LogP contribution >= 0.6 is 0 Å². The summed E-state index contributed by atoms with van der Waals surface area (Å²) in [4.78, 5) is 28.6. The summed E-state index contributed by atoms with van der Waals surface area (Å²) in [6.45, 7) is 12.4. The van der Waals surface area contributed by atoms with Gasteiger partial charge in [0, 0.05) is 25.2 Å². The van der Waals surface area contributed by atoms with Crippen LogP contribution in [-0.2, 0) is 22.5 Å². The van der Waals surface area contributed by atoms with Crippen molar-refractivity contribution in [2.75, 3.05) is 40.0 Å². The molecule has 1 amide bonds. The minimum atomic E-state index is -0.860. The summed E-state index contributed by atoms with van der Waals surface area (Å²) in [5.74, 6) is 1.36. The molecule has 45 heavy (non-hydrogen) atoms. The van der Waals surface area contributed by atoms with E-state index in [0.717, 1.165) is 12.0 Å². The fourth-order valence-corrected chi connectivity index (χ4v) is 5.53. The second-order valence-electron chi connectivity index (χ2n) is 13.2. The molecule has 1 N–H and O–H groups in total. The van der Waals surface area contributed by atoms with Gasteiger partial charge in [-0.3, -0.25) is 4.79 Å². The van der Waals surface area contributed by atoms with Crippen LogP contribution in [0.25, 0.3) is 0 Å². The van der Waals surface area contributed by atoms with Crippen molar-refractivity contribution in [2.45, 2.75) is 58.8 Å². The van der Waals surface area contributed by atoms with Gasteiger partial charge in [0.15, 0.2) is 17.3 Å². The van der Waals surface area contributed by atoms with Crippen LogP contribution < -0.4 is 14.8 Å². The third kappa shape index (κ3) is 10.1. The van der Waals surface area contributed by atoms with E-state index in [2.05, 4.69) is 17.4 Å². The summed E-state index contributed by atoms with van der Waals surface area (Å²) in [5.41, 5.74) is 1.42. The SMILES string of the molecule is COc1ccc(C(=O)C(C)(C)NC[C@H]2CN(C(=O)OC(C)(C)C)C[C@@H]2Cc2ccccc2)cc1OCCOCc1ccccc1. The van der Waals surface area contributed by atoms with E-state index in [0.29, 0.717) is 56.5 Å². The minimum Gasteiger partial charge on any atom is -0.493 e. The minimum absolute atomic E-state index is 0.0584. The van der Waals surface area contributed by atoms with Crippen molar-refractivity contribution in [3.8, 4) is 11.5 Å². The van der Waals surface area contributed by atoms with Gasteiger partial charge < -0.3 is 29.2 Å². The molecule has 0 aromatic heterocycles. The van der Waals surface area contributed by atoms with Crippen LogP contribution in [0.2, 0.25) is 0 Å². The molecule has 0 saturated carbocycles. The van der Waals surface area contributed by atoms with Crippen LogP contribution in [0, 0.1) is 11.8 Å². The molecule has 3 aromatic carbocycles. The number of Topliss-reactive ketones (excluding diaryl/α,β-unsaturated/α-hetero) is 1. The van der Waals surface area contributed by atoms with Gasteiger partial charge in [0.2, 0.25) is 0 Å². The Hall–Kier alpha value is -3.88. The standard InChI is InChI=1S/C37H48N2O6/c1-36(2,3)45-35(41)39-24-30(21-27-13-9-7-10-14-27)31(25-39)23-38-37(4,5)34(40)29-17-18-32(42-6)33(22-29)44-20-19-43-26-28-15-11-8-12-16-28/h7-18,22,30-31,38H,19-21,23-26H2,1-6H3/t30-,31-/m0/s1. The Labute approximate surface area is 268 Å². The molecule has 8 nitrogen and oxygen atoms in total. The molecule has 4 rings (SSSR count). The predicted octanol–water partition coefficient (Wildman–Crippen LogP) is 6.57. The van der Waals surface area contributed by atoms with Crippen molar-refractivity contribution >= 4 is 11.9 Å². The van der Waals surface area contributed by atoms with Gasteiger partial charge in [0.25, 0.3) is 0 Å². The van der Waals surface area contributed by atoms with Crippen molar-refractivity contribution in [3.05, 3.63) is 95.6 Å². The summed E-state index contributed by atoms with van der Waals surface area (Å²) in [6.07, 6.45) is 0.546. The number of ketones is 1. The number of likely N-dealkylation sites (tertiary alicyclic amines) is 1. The van der Waals surface area contributed by atoms with Crippen LogP contribution in [0.4, 0.5) is 4.79 Å². The quantitative estimate of drug-likeness (QED) is 0.162.